The third-order valence-electron chi connectivity index (χ3n) is 5.40. The van der Waals surface area contributed by atoms with Crippen molar-refractivity contribution in [1.82, 2.24) is 15.2 Å². The minimum Gasteiger partial charge on any atom is -0.381 e. The van der Waals surface area contributed by atoms with Crippen LogP contribution in [0.1, 0.15) is 43.7 Å². The number of aromatic nitrogens is 1. The van der Waals surface area contributed by atoms with Crippen molar-refractivity contribution in [3.63, 3.8) is 0 Å². The number of hydrogen-bond donors (Lipinski definition) is 1. The van der Waals surface area contributed by atoms with E-state index in [1.165, 1.54) is 12.0 Å². The molecule has 1 aromatic heterocycles. The second-order valence-corrected chi connectivity index (χ2v) is 7.19. The third-order valence-corrected chi connectivity index (χ3v) is 5.40. The molecule has 1 aromatic rings. The number of ether oxygens (including phenoxy) is 1. The maximum absolute atomic E-state index is 12.2. The SMILES string of the molecule is CN1CC[C@@H](CNC(=O)CC[C@H]2CCCOC2)[C@@H]1c1cccnc1. The quantitative estimate of drug-likeness (QED) is 0.870. The van der Waals surface area contributed by atoms with Crippen molar-refractivity contribution in [2.24, 2.45) is 11.8 Å². The van der Waals surface area contributed by atoms with Gasteiger partial charge in [0.25, 0.3) is 0 Å². The zero-order chi connectivity index (χ0) is 16.8. The Bertz CT molecular complexity index is 517. The molecular weight excluding hydrogens is 302 g/mol. The molecule has 2 aliphatic heterocycles. The summed E-state index contributed by atoms with van der Waals surface area (Å²) in [4.78, 5) is 18.8. The fraction of sp³-hybridized carbons (Fsp3) is 0.684. The molecule has 5 heteroatoms. The first-order chi connectivity index (χ1) is 11.7. The second-order valence-electron chi connectivity index (χ2n) is 7.19. The Morgan fingerprint density at radius 2 is 2.38 bits per heavy atom. The zero-order valence-corrected chi connectivity index (χ0v) is 14.6. The van der Waals surface area contributed by atoms with Crippen LogP contribution in [0.2, 0.25) is 0 Å². The molecular formula is C19H29N3O2. The van der Waals surface area contributed by atoms with Crippen molar-refractivity contribution in [1.29, 1.82) is 0 Å². The van der Waals surface area contributed by atoms with Gasteiger partial charge in [-0.25, -0.2) is 0 Å². The van der Waals surface area contributed by atoms with E-state index < -0.39 is 0 Å². The van der Waals surface area contributed by atoms with Gasteiger partial charge in [0.2, 0.25) is 5.91 Å². The van der Waals surface area contributed by atoms with Crippen LogP contribution in [0.3, 0.4) is 0 Å². The van der Waals surface area contributed by atoms with Gasteiger partial charge in [-0.15, -0.1) is 0 Å². The molecule has 0 spiro atoms. The van der Waals surface area contributed by atoms with E-state index in [1.54, 1.807) is 0 Å². The molecule has 1 amide bonds. The van der Waals surface area contributed by atoms with Gasteiger partial charge in [-0.05, 0) is 62.7 Å². The first-order valence-corrected chi connectivity index (χ1v) is 9.18. The molecule has 24 heavy (non-hydrogen) atoms. The highest BCUT2D eigenvalue weighted by atomic mass is 16.5. The average Bonchev–Trinajstić information content (AvgIpc) is 3.00. The van der Waals surface area contributed by atoms with E-state index in [4.69, 9.17) is 4.74 Å². The molecule has 2 fully saturated rings. The van der Waals surface area contributed by atoms with Crippen molar-refractivity contribution in [2.45, 2.75) is 38.1 Å². The van der Waals surface area contributed by atoms with Crippen molar-refractivity contribution in [3.8, 4) is 0 Å². The molecule has 0 bridgehead atoms. The molecule has 5 nitrogen and oxygen atoms in total. The summed E-state index contributed by atoms with van der Waals surface area (Å²) in [5.41, 5.74) is 1.25. The van der Waals surface area contributed by atoms with E-state index in [1.807, 2.05) is 18.5 Å². The van der Waals surface area contributed by atoms with Crippen LogP contribution in [-0.4, -0.2) is 49.1 Å². The Morgan fingerprint density at radius 3 is 3.12 bits per heavy atom. The summed E-state index contributed by atoms with van der Waals surface area (Å²) in [7, 11) is 2.16. The van der Waals surface area contributed by atoms with Crippen molar-refractivity contribution in [2.75, 3.05) is 33.4 Å². The Kier molecular flexibility index (Phi) is 6.21. The lowest BCUT2D eigenvalue weighted by Gasteiger charge is -2.25. The van der Waals surface area contributed by atoms with Crippen LogP contribution < -0.4 is 5.32 Å². The summed E-state index contributed by atoms with van der Waals surface area (Å²) < 4.78 is 5.49. The van der Waals surface area contributed by atoms with Crippen molar-refractivity contribution in [3.05, 3.63) is 30.1 Å². The predicted octanol–water partition coefficient (Wildman–Crippen LogP) is 2.40. The normalized spacial score (nSPS) is 28.0. The molecule has 3 rings (SSSR count). The molecule has 1 N–H and O–H groups in total. The minimum absolute atomic E-state index is 0.181. The number of amides is 1. The molecule has 132 valence electrons. The number of hydrogen-bond acceptors (Lipinski definition) is 4. The molecule has 0 unspecified atom stereocenters. The highest BCUT2D eigenvalue weighted by molar-refractivity contribution is 5.75. The Morgan fingerprint density at radius 1 is 1.46 bits per heavy atom. The first-order valence-electron chi connectivity index (χ1n) is 9.18. The van der Waals surface area contributed by atoms with Crippen LogP contribution in [0.5, 0.6) is 0 Å². The van der Waals surface area contributed by atoms with E-state index in [0.29, 0.717) is 24.3 Å². The first kappa shape index (κ1) is 17.4. The van der Waals surface area contributed by atoms with Gasteiger partial charge in [0.05, 0.1) is 0 Å². The summed E-state index contributed by atoms with van der Waals surface area (Å²) in [6.07, 6.45) is 8.77. The third kappa shape index (κ3) is 4.54. The van der Waals surface area contributed by atoms with E-state index in [9.17, 15) is 4.79 Å². The summed E-state index contributed by atoms with van der Waals surface area (Å²) >= 11 is 0. The maximum atomic E-state index is 12.2. The van der Waals surface area contributed by atoms with Crippen LogP contribution in [-0.2, 0) is 9.53 Å². The Hall–Kier alpha value is -1.46. The molecule has 3 heterocycles. The van der Waals surface area contributed by atoms with Crippen molar-refractivity contribution >= 4 is 5.91 Å². The summed E-state index contributed by atoms with van der Waals surface area (Å²) in [6, 6.07) is 4.48. The van der Waals surface area contributed by atoms with Crippen molar-refractivity contribution < 1.29 is 9.53 Å². The smallest absolute Gasteiger partial charge is 0.220 e. The molecule has 0 aliphatic carbocycles. The number of nitrogens with zero attached hydrogens (tertiary/aromatic N) is 2. The summed E-state index contributed by atoms with van der Waals surface area (Å²) in [6.45, 7) is 3.53. The van der Waals surface area contributed by atoms with E-state index in [-0.39, 0.29) is 5.91 Å². The summed E-state index contributed by atoms with van der Waals surface area (Å²) in [5.74, 6) is 1.20. The highest BCUT2D eigenvalue weighted by Gasteiger charge is 2.33. The van der Waals surface area contributed by atoms with Gasteiger partial charge >= 0.3 is 0 Å². The van der Waals surface area contributed by atoms with Gasteiger partial charge in [0, 0.05) is 44.6 Å². The monoisotopic (exact) mass is 331 g/mol. The zero-order valence-electron chi connectivity index (χ0n) is 14.6. The Labute approximate surface area is 144 Å². The molecule has 0 saturated carbocycles. The van der Waals surface area contributed by atoms with Crippen LogP contribution in [0.4, 0.5) is 0 Å². The lowest BCUT2D eigenvalue weighted by Crippen LogP contribution is -2.32. The van der Waals surface area contributed by atoms with Gasteiger partial charge in [0.1, 0.15) is 0 Å². The number of nitrogens with one attached hydrogen (secondary N) is 1. The lowest BCUT2D eigenvalue weighted by molar-refractivity contribution is -0.121. The summed E-state index contributed by atoms with van der Waals surface area (Å²) in [5, 5.41) is 3.16. The van der Waals surface area contributed by atoms with Crippen LogP contribution in [0.25, 0.3) is 0 Å². The predicted molar refractivity (Wildman–Crippen MR) is 93.5 cm³/mol. The Balaban J connectivity index is 1.45. The van der Waals surface area contributed by atoms with Crippen LogP contribution in [0, 0.1) is 11.8 Å². The van der Waals surface area contributed by atoms with Gasteiger partial charge in [-0.1, -0.05) is 6.07 Å². The number of rotatable bonds is 6. The van der Waals surface area contributed by atoms with Gasteiger partial charge < -0.3 is 10.1 Å². The molecule has 2 aliphatic rings. The van der Waals surface area contributed by atoms with Gasteiger partial charge in [-0.3, -0.25) is 14.7 Å². The standard InChI is InChI=1S/C19H29N3O2/c1-22-10-8-17(19(22)16-5-2-9-20-12-16)13-21-18(23)7-6-15-4-3-11-24-14-15/h2,5,9,12,15,17,19H,3-4,6-8,10-11,13-14H2,1H3,(H,21,23)/t15-,17+,19+/m1/s1. The van der Waals surface area contributed by atoms with Gasteiger partial charge in [-0.2, -0.15) is 0 Å². The number of pyridine rings is 1. The van der Waals surface area contributed by atoms with Crippen LogP contribution >= 0.6 is 0 Å². The minimum atomic E-state index is 0.181. The molecule has 3 atom stereocenters. The number of likely N-dealkylation sites (tertiary alicyclic amines) is 1. The fourth-order valence-electron chi connectivity index (χ4n) is 4.02. The largest absolute Gasteiger partial charge is 0.381 e. The lowest BCUT2D eigenvalue weighted by atomic mass is 9.94. The van der Waals surface area contributed by atoms with Crippen LogP contribution in [0.15, 0.2) is 24.5 Å². The number of carbonyl (C=O) groups excluding carboxylic acids is 1. The topological polar surface area (TPSA) is 54.5 Å². The molecule has 2 saturated heterocycles. The van der Waals surface area contributed by atoms with Gasteiger partial charge in [0.15, 0.2) is 0 Å². The van der Waals surface area contributed by atoms with E-state index in [0.717, 1.165) is 45.6 Å². The average molecular weight is 331 g/mol. The second kappa shape index (κ2) is 8.58. The van der Waals surface area contributed by atoms with E-state index in [2.05, 4.69) is 28.3 Å². The highest BCUT2D eigenvalue weighted by Crippen LogP contribution is 2.35. The maximum Gasteiger partial charge on any atom is 0.220 e. The molecule has 0 radical (unpaired) electrons. The molecule has 0 aromatic carbocycles. The number of carbonyl (C=O) groups is 1. The van der Waals surface area contributed by atoms with E-state index >= 15 is 0 Å². The fourth-order valence-corrected chi connectivity index (χ4v) is 4.02.